The molecule has 3 heteroatoms. The zero-order valence-corrected chi connectivity index (χ0v) is 14.3. The molecule has 0 N–H and O–H groups in total. The molecule has 0 aromatic heterocycles. The lowest BCUT2D eigenvalue weighted by Crippen LogP contribution is -2.49. The summed E-state index contributed by atoms with van der Waals surface area (Å²) in [5.74, 6) is 0. The van der Waals surface area contributed by atoms with Crippen molar-refractivity contribution in [1.29, 1.82) is 0 Å². The minimum Gasteiger partial charge on any atom is -0.370 e. The van der Waals surface area contributed by atoms with Gasteiger partial charge in [-0.15, -0.1) is 0 Å². The second-order valence-corrected chi connectivity index (χ2v) is 7.21. The van der Waals surface area contributed by atoms with Crippen molar-refractivity contribution in [3.63, 3.8) is 0 Å². The normalized spacial score (nSPS) is 23.7. The molecule has 1 atom stereocenters. The minimum absolute atomic E-state index is 0.733. The number of benzene rings is 2. The predicted molar refractivity (Wildman–Crippen MR) is 98.4 cm³/mol. The van der Waals surface area contributed by atoms with Gasteiger partial charge in [0.15, 0.2) is 0 Å². The first kappa shape index (κ1) is 15.0. The molecule has 0 bridgehead atoms. The summed E-state index contributed by atoms with van der Waals surface area (Å²) in [7, 11) is 2.23. The van der Waals surface area contributed by atoms with Crippen LogP contribution in [0.1, 0.15) is 12.0 Å². The molecule has 2 aromatic carbocycles. The van der Waals surface area contributed by atoms with E-state index in [1.165, 1.54) is 67.7 Å². The van der Waals surface area contributed by atoms with Crippen molar-refractivity contribution in [2.24, 2.45) is 0 Å². The number of fused-ring (bicyclic) bond motifs is 1. The standard InChI is InChI=1S/C20H27N3/c1-16-4-3-5-17-14-18(6-7-20(16)17)23-9-8-19(15-23)22-12-10-21(2)11-13-22/h3-7,14,19H,8-13,15H2,1-2H3. The van der Waals surface area contributed by atoms with E-state index in [-0.39, 0.29) is 0 Å². The maximum absolute atomic E-state index is 2.70. The molecule has 4 rings (SSSR count). The van der Waals surface area contributed by atoms with Gasteiger partial charge >= 0.3 is 0 Å². The first-order valence-electron chi connectivity index (χ1n) is 8.87. The molecule has 0 saturated carbocycles. The van der Waals surface area contributed by atoms with Crippen LogP contribution in [-0.2, 0) is 0 Å². The second-order valence-electron chi connectivity index (χ2n) is 7.21. The fraction of sp³-hybridized carbons (Fsp3) is 0.500. The Morgan fingerprint density at radius 1 is 0.957 bits per heavy atom. The number of rotatable bonds is 2. The number of likely N-dealkylation sites (N-methyl/N-ethyl adjacent to an activating group) is 1. The molecule has 23 heavy (non-hydrogen) atoms. The van der Waals surface area contributed by atoms with Crippen LogP contribution in [0.5, 0.6) is 0 Å². The number of nitrogens with zero attached hydrogens (tertiary/aromatic N) is 3. The highest BCUT2D eigenvalue weighted by atomic mass is 15.3. The molecule has 1 unspecified atom stereocenters. The Bertz CT molecular complexity index is 688. The number of anilines is 1. The van der Waals surface area contributed by atoms with Crippen LogP contribution in [-0.4, -0.2) is 62.2 Å². The molecule has 2 aliphatic heterocycles. The van der Waals surface area contributed by atoms with Gasteiger partial charge in [0.05, 0.1) is 0 Å². The highest BCUT2D eigenvalue weighted by Gasteiger charge is 2.29. The van der Waals surface area contributed by atoms with Crippen LogP contribution in [0.2, 0.25) is 0 Å². The van der Waals surface area contributed by atoms with Crippen LogP contribution < -0.4 is 4.90 Å². The summed E-state index contributed by atoms with van der Waals surface area (Å²) in [4.78, 5) is 7.71. The van der Waals surface area contributed by atoms with Crippen molar-refractivity contribution in [2.75, 3.05) is 51.2 Å². The molecule has 0 aliphatic carbocycles. The second kappa shape index (κ2) is 6.14. The van der Waals surface area contributed by atoms with Crippen molar-refractivity contribution in [2.45, 2.75) is 19.4 Å². The molecule has 2 aromatic rings. The lowest BCUT2D eigenvalue weighted by molar-refractivity contribution is 0.120. The zero-order chi connectivity index (χ0) is 15.8. The van der Waals surface area contributed by atoms with Gasteiger partial charge in [-0.2, -0.15) is 0 Å². The van der Waals surface area contributed by atoms with Crippen molar-refractivity contribution >= 4 is 16.5 Å². The monoisotopic (exact) mass is 309 g/mol. The topological polar surface area (TPSA) is 9.72 Å². The van der Waals surface area contributed by atoms with Crippen molar-refractivity contribution in [3.8, 4) is 0 Å². The SMILES string of the molecule is Cc1cccc2cc(N3CCC(N4CCN(C)CC4)C3)ccc12. The third kappa shape index (κ3) is 2.96. The molecule has 2 saturated heterocycles. The zero-order valence-electron chi connectivity index (χ0n) is 14.3. The first-order valence-corrected chi connectivity index (χ1v) is 8.87. The van der Waals surface area contributed by atoms with Crippen LogP contribution in [0, 0.1) is 6.92 Å². The van der Waals surface area contributed by atoms with Gasteiger partial charge in [0, 0.05) is 51.0 Å². The van der Waals surface area contributed by atoms with Gasteiger partial charge in [0.2, 0.25) is 0 Å². The van der Waals surface area contributed by atoms with E-state index >= 15 is 0 Å². The smallest absolute Gasteiger partial charge is 0.0373 e. The molecule has 0 amide bonds. The Morgan fingerprint density at radius 3 is 2.61 bits per heavy atom. The number of aryl methyl sites for hydroxylation is 1. The van der Waals surface area contributed by atoms with Gasteiger partial charge < -0.3 is 9.80 Å². The molecule has 2 aliphatic rings. The average molecular weight is 309 g/mol. The molecule has 0 spiro atoms. The summed E-state index contributed by atoms with van der Waals surface area (Å²) in [6.07, 6.45) is 1.30. The Hall–Kier alpha value is -1.58. The van der Waals surface area contributed by atoms with E-state index in [2.05, 4.69) is 65.1 Å². The van der Waals surface area contributed by atoms with Crippen LogP contribution in [0.4, 0.5) is 5.69 Å². The Kier molecular flexibility index (Phi) is 4.00. The van der Waals surface area contributed by atoms with E-state index in [9.17, 15) is 0 Å². The highest BCUT2D eigenvalue weighted by molar-refractivity contribution is 5.88. The van der Waals surface area contributed by atoms with Crippen LogP contribution in [0.3, 0.4) is 0 Å². The van der Waals surface area contributed by atoms with E-state index in [1.807, 2.05) is 0 Å². The number of hydrogen-bond acceptors (Lipinski definition) is 3. The maximum Gasteiger partial charge on any atom is 0.0373 e. The minimum atomic E-state index is 0.733. The third-order valence-electron chi connectivity index (χ3n) is 5.66. The van der Waals surface area contributed by atoms with Gasteiger partial charge in [-0.1, -0.05) is 24.3 Å². The van der Waals surface area contributed by atoms with E-state index in [0.717, 1.165) is 6.04 Å². The first-order chi connectivity index (χ1) is 11.2. The van der Waals surface area contributed by atoms with Gasteiger partial charge in [-0.05, 0) is 48.9 Å². The van der Waals surface area contributed by atoms with E-state index in [1.54, 1.807) is 0 Å². The van der Waals surface area contributed by atoms with E-state index in [0.29, 0.717) is 0 Å². The summed E-state index contributed by atoms with van der Waals surface area (Å²) < 4.78 is 0. The van der Waals surface area contributed by atoms with Crippen molar-refractivity contribution in [3.05, 3.63) is 42.0 Å². The van der Waals surface area contributed by atoms with Crippen LogP contribution >= 0.6 is 0 Å². The molecule has 0 radical (unpaired) electrons. The quantitative estimate of drug-likeness (QED) is 0.844. The summed E-state index contributed by atoms with van der Waals surface area (Å²) in [5, 5.41) is 2.75. The molecular weight excluding hydrogens is 282 g/mol. The van der Waals surface area contributed by atoms with Gasteiger partial charge in [0.25, 0.3) is 0 Å². The van der Waals surface area contributed by atoms with Crippen molar-refractivity contribution in [1.82, 2.24) is 9.80 Å². The fourth-order valence-electron chi connectivity index (χ4n) is 4.09. The summed E-state index contributed by atoms with van der Waals surface area (Å²) in [5.41, 5.74) is 2.76. The van der Waals surface area contributed by atoms with Gasteiger partial charge in [-0.25, -0.2) is 0 Å². The largest absolute Gasteiger partial charge is 0.370 e. The average Bonchev–Trinajstić information content (AvgIpc) is 3.05. The van der Waals surface area contributed by atoms with E-state index in [4.69, 9.17) is 0 Å². The van der Waals surface area contributed by atoms with Gasteiger partial charge in [0.1, 0.15) is 0 Å². The van der Waals surface area contributed by atoms with Crippen LogP contribution in [0.25, 0.3) is 10.8 Å². The third-order valence-corrected chi connectivity index (χ3v) is 5.66. The van der Waals surface area contributed by atoms with Crippen molar-refractivity contribution < 1.29 is 0 Å². The molecule has 2 fully saturated rings. The summed E-state index contributed by atoms with van der Waals surface area (Å²) in [6.45, 7) is 9.45. The lowest BCUT2D eigenvalue weighted by atomic mass is 10.0. The summed E-state index contributed by atoms with van der Waals surface area (Å²) in [6, 6.07) is 14.3. The molecule has 3 nitrogen and oxygen atoms in total. The number of piperazine rings is 1. The van der Waals surface area contributed by atoms with Crippen LogP contribution in [0.15, 0.2) is 36.4 Å². The summed E-state index contributed by atoms with van der Waals surface area (Å²) >= 11 is 0. The Morgan fingerprint density at radius 2 is 1.78 bits per heavy atom. The Labute approximate surface area is 139 Å². The molecule has 122 valence electrons. The lowest BCUT2D eigenvalue weighted by Gasteiger charge is -2.36. The predicted octanol–water partition coefficient (Wildman–Crippen LogP) is 2.97. The Balaban J connectivity index is 1.49. The number of hydrogen-bond donors (Lipinski definition) is 0. The van der Waals surface area contributed by atoms with Gasteiger partial charge in [-0.3, -0.25) is 4.90 Å². The maximum atomic E-state index is 2.70. The fourth-order valence-corrected chi connectivity index (χ4v) is 4.09. The highest BCUT2D eigenvalue weighted by Crippen LogP contribution is 2.28. The molecule has 2 heterocycles. The van der Waals surface area contributed by atoms with E-state index < -0.39 is 0 Å². The molecular formula is C20H27N3.